The molecule has 5 heteroatoms. The summed E-state index contributed by atoms with van der Waals surface area (Å²) < 4.78 is 21.2. The molecule has 0 spiro atoms. The SMILES string of the molecule is CCOc1ccccc1C(O)COCCOCCCOC. The zero-order chi connectivity index (χ0) is 15.3. The first-order chi connectivity index (χ1) is 10.3. The second kappa shape index (κ2) is 11.5. The normalized spacial score (nSPS) is 12.3. The van der Waals surface area contributed by atoms with Crippen molar-refractivity contribution < 1.29 is 24.1 Å². The van der Waals surface area contributed by atoms with E-state index in [1.165, 1.54) is 0 Å². The smallest absolute Gasteiger partial charge is 0.125 e. The topological polar surface area (TPSA) is 57.2 Å². The van der Waals surface area contributed by atoms with E-state index in [1.807, 2.05) is 31.2 Å². The van der Waals surface area contributed by atoms with Gasteiger partial charge in [-0.05, 0) is 19.4 Å². The molecule has 120 valence electrons. The van der Waals surface area contributed by atoms with Crippen molar-refractivity contribution >= 4 is 0 Å². The van der Waals surface area contributed by atoms with Crippen LogP contribution in [0.4, 0.5) is 0 Å². The van der Waals surface area contributed by atoms with Crippen molar-refractivity contribution in [1.82, 2.24) is 0 Å². The van der Waals surface area contributed by atoms with E-state index in [1.54, 1.807) is 7.11 Å². The maximum Gasteiger partial charge on any atom is 0.125 e. The summed E-state index contributed by atoms with van der Waals surface area (Å²) in [5.41, 5.74) is 0.750. The van der Waals surface area contributed by atoms with Gasteiger partial charge in [0.05, 0.1) is 26.4 Å². The number of para-hydroxylation sites is 1. The molecule has 0 aliphatic heterocycles. The molecule has 1 aromatic carbocycles. The third-order valence-electron chi connectivity index (χ3n) is 2.86. The van der Waals surface area contributed by atoms with Crippen LogP contribution >= 0.6 is 0 Å². The zero-order valence-electron chi connectivity index (χ0n) is 12.9. The summed E-state index contributed by atoms with van der Waals surface area (Å²) in [6.45, 7) is 5.05. The Kier molecular flexibility index (Phi) is 9.82. The van der Waals surface area contributed by atoms with Gasteiger partial charge in [0, 0.05) is 25.9 Å². The number of aliphatic hydroxyl groups is 1. The highest BCUT2D eigenvalue weighted by Crippen LogP contribution is 2.25. The molecule has 1 rings (SSSR count). The van der Waals surface area contributed by atoms with Crippen molar-refractivity contribution in [2.45, 2.75) is 19.4 Å². The molecule has 0 amide bonds. The lowest BCUT2D eigenvalue weighted by Crippen LogP contribution is -2.13. The molecule has 0 saturated heterocycles. The summed E-state index contributed by atoms with van der Waals surface area (Å²) in [6, 6.07) is 7.46. The first-order valence-corrected chi connectivity index (χ1v) is 7.33. The predicted molar refractivity (Wildman–Crippen MR) is 80.7 cm³/mol. The quantitative estimate of drug-likeness (QED) is 0.599. The lowest BCUT2D eigenvalue weighted by Gasteiger charge is -2.15. The minimum atomic E-state index is -0.693. The van der Waals surface area contributed by atoms with E-state index in [4.69, 9.17) is 18.9 Å². The molecular formula is C16H26O5. The Hall–Kier alpha value is -1.14. The van der Waals surface area contributed by atoms with E-state index < -0.39 is 6.10 Å². The van der Waals surface area contributed by atoms with E-state index in [0.717, 1.165) is 12.0 Å². The van der Waals surface area contributed by atoms with Crippen molar-refractivity contribution in [3.8, 4) is 5.75 Å². The molecule has 0 bridgehead atoms. The van der Waals surface area contributed by atoms with Gasteiger partial charge >= 0.3 is 0 Å². The maximum absolute atomic E-state index is 10.1. The number of rotatable bonds is 12. The molecule has 0 aromatic heterocycles. The van der Waals surface area contributed by atoms with Crippen LogP contribution in [-0.2, 0) is 14.2 Å². The Bertz CT molecular complexity index is 369. The van der Waals surface area contributed by atoms with Gasteiger partial charge in [-0.3, -0.25) is 0 Å². The van der Waals surface area contributed by atoms with Gasteiger partial charge in [-0.15, -0.1) is 0 Å². The molecular weight excluding hydrogens is 272 g/mol. The third-order valence-corrected chi connectivity index (χ3v) is 2.86. The van der Waals surface area contributed by atoms with Gasteiger partial charge in [0.1, 0.15) is 11.9 Å². The molecule has 0 aliphatic carbocycles. The molecule has 0 fully saturated rings. The van der Waals surface area contributed by atoms with E-state index >= 15 is 0 Å². The van der Waals surface area contributed by atoms with Crippen molar-refractivity contribution in [3.05, 3.63) is 29.8 Å². The summed E-state index contributed by atoms with van der Waals surface area (Å²) >= 11 is 0. The average molecular weight is 298 g/mol. The first-order valence-electron chi connectivity index (χ1n) is 7.33. The fraction of sp³-hybridized carbons (Fsp3) is 0.625. The monoisotopic (exact) mass is 298 g/mol. The Balaban J connectivity index is 2.20. The molecule has 1 aromatic rings. The summed E-state index contributed by atoms with van der Waals surface area (Å²) in [7, 11) is 1.67. The lowest BCUT2D eigenvalue weighted by molar-refractivity contribution is -0.000196. The second-order valence-electron chi connectivity index (χ2n) is 4.52. The summed E-state index contributed by atoms with van der Waals surface area (Å²) in [4.78, 5) is 0. The highest BCUT2D eigenvalue weighted by atomic mass is 16.5. The van der Waals surface area contributed by atoms with Crippen LogP contribution in [0.2, 0.25) is 0 Å². The third kappa shape index (κ3) is 7.43. The van der Waals surface area contributed by atoms with Crippen molar-refractivity contribution in [3.63, 3.8) is 0 Å². The van der Waals surface area contributed by atoms with Gasteiger partial charge < -0.3 is 24.1 Å². The highest BCUT2D eigenvalue weighted by molar-refractivity contribution is 5.35. The number of aliphatic hydroxyl groups excluding tert-OH is 1. The lowest BCUT2D eigenvalue weighted by atomic mass is 10.1. The van der Waals surface area contributed by atoms with Crippen LogP contribution in [0.1, 0.15) is 25.0 Å². The Morgan fingerprint density at radius 2 is 1.81 bits per heavy atom. The van der Waals surface area contributed by atoms with Gasteiger partial charge in [-0.25, -0.2) is 0 Å². The summed E-state index contributed by atoms with van der Waals surface area (Å²) in [5.74, 6) is 0.701. The van der Waals surface area contributed by atoms with Gasteiger partial charge in [0.25, 0.3) is 0 Å². The van der Waals surface area contributed by atoms with Gasteiger partial charge in [0.15, 0.2) is 0 Å². The second-order valence-corrected chi connectivity index (χ2v) is 4.52. The summed E-state index contributed by atoms with van der Waals surface area (Å²) in [5, 5.41) is 10.1. The minimum Gasteiger partial charge on any atom is -0.493 e. The number of benzene rings is 1. The Morgan fingerprint density at radius 1 is 1.05 bits per heavy atom. The predicted octanol–water partition coefficient (Wildman–Crippen LogP) is 2.19. The van der Waals surface area contributed by atoms with Crippen LogP contribution in [0.3, 0.4) is 0 Å². The molecule has 5 nitrogen and oxygen atoms in total. The molecule has 0 aliphatic rings. The van der Waals surface area contributed by atoms with Crippen LogP contribution in [0.25, 0.3) is 0 Å². The van der Waals surface area contributed by atoms with Crippen LogP contribution < -0.4 is 4.74 Å². The number of methoxy groups -OCH3 is 1. The number of hydrogen-bond acceptors (Lipinski definition) is 5. The molecule has 1 unspecified atom stereocenters. The highest BCUT2D eigenvalue weighted by Gasteiger charge is 2.12. The first kappa shape index (κ1) is 17.9. The molecule has 1 atom stereocenters. The minimum absolute atomic E-state index is 0.228. The largest absolute Gasteiger partial charge is 0.493 e. The standard InChI is InChI=1S/C16H26O5/c1-3-21-16-8-5-4-7-14(16)15(17)13-20-12-11-19-10-6-9-18-2/h4-5,7-8,15,17H,3,6,9-13H2,1-2H3. The van der Waals surface area contributed by atoms with Crippen molar-refractivity contribution in [2.75, 3.05) is 46.8 Å². The van der Waals surface area contributed by atoms with E-state index in [0.29, 0.717) is 38.8 Å². The van der Waals surface area contributed by atoms with Crippen molar-refractivity contribution in [1.29, 1.82) is 0 Å². The van der Waals surface area contributed by atoms with E-state index in [2.05, 4.69) is 0 Å². The number of ether oxygens (including phenoxy) is 4. The van der Waals surface area contributed by atoms with Crippen LogP contribution in [0.15, 0.2) is 24.3 Å². The maximum atomic E-state index is 10.1. The molecule has 0 saturated carbocycles. The van der Waals surface area contributed by atoms with Gasteiger partial charge in [-0.2, -0.15) is 0 Å². The molecule has 1 N–H and O–H groups in total. The molecule has 0 heterocycles. The fourth-order valence-electron chi connectivity index (χ4n) is 1.85. The average Bonchev–Trinajstić information content (AvgIpc) is 2.50. The molecule has 21 heavy (non-hydrogen) atoms. The zero-order valence-corrected chi connectivity index (χ0v) is 12.9. The van der Waals surface area contributed by atoms with Crippen LogP contribution in [0.5, 0.6) is 5.75 Å². The molecule has 0 radical (unpaired) electrons. The fourth-order valence-corrected chi connectivity index (χ4v) is 1.85. The van der Waals surface area contributed by atoms with Crippen molar-refractivity contribution in [2.24, 2.45) is 0 Å². The Labute approximate surface area is 126 Å². The van der Waals surface area contributed by atoms with E-state index in [-0.39, 0.29) is 6.61 Å². The van der Waals surface area contributed by atoms with Crippen LogP contribution in [-0.4, -0.2) is 51.9 Å². The van der Waals surface area contributed by atoms with E-state index in [9.17, 15) is 5.11 Å². The Morgan fingerprint density at radius 3 is 2.57 bits per heavy atom. The van der Waals surface area contributed by atoms with Gasteiger partial charge in [0.2, 0.25) is 0 Å². The summed E-state index contributed by atoms with van der Waals surface area (Å²) in [6.07, 6.45) is 0.183. The van der Waals surface area contributed by atoms with Gasteiger partial charge in [-0.1, -0.05) is 18.2 Å². The number of hydrogen-bond donors (Lipinski definition) is 1. The van der Waals surface area contributed by atoms with Crippen LogP contribution in [0, 0.1) is 0 Å².